The summed E-state index contributed by atoms with van der Waals surface area (Å²) in [4.78, 5) is 11.6. The Kier molecular flexibility index (Phi) is 5.35. The maximum Gasteiger partial charge on any atom is 0.235 e. The second-order valence-corrected chi connectivity index (χ2v) is 6.63. The normalized spacial score (nSPS) is 21.5. The number of hydrogen-bond donors (Lipinski definition) is 2. The van der Waals surface area contributed by atoms with E-state index in [0.29, 0.717) is 0 Å². The van der Waals surface area contributed by atoms with E-state index in [0.717, 1.165) is 30.2 Å². The Labute approximate surface area is 103 Å². The van der Waals surface area contributed by atoms with Crippen LogP contribution in [-0.2, 0) is 14.8 Å². The highest BCUT2D eigenvalue weighted by molar-refractivity contribution is 7.89. The molecule has 6 nitrogen and oxygen atoms in total. The smallest absolute Gasteiger partial charge is 0.235 e. The van der Waals surface area contributed by atoms with Crippen LogP contribution in [0.3, 0.4) is 0 Å². The average molecular weight is 263 g/mol. The van der Waals surface area contributed by atoms with Crippen molar-refractivity contribution in [2.75, 3.05) is 32.4 Å². The third-order valence-electron chi connectivity index (χ3n) is 2.87. The maximum absolute atomic E-state index is 11.6. The van der Waals surface area contributed by atoms with Gasteiger partial charge in [0.15, 0.2) is 0 Å². The highest BCUT2D eigenvalue weighted by Crippen LogP contribution is 2.02. The van der Waals surface area contributed by atoms with E-state index in [9.17, 15) is 13.2 Å². The third-order valence-corrected chi connectivity index (χ3v) is 4.68. The molecule has 0 aromatic carbocycles. The minimum absolute atomic E-state index is 0.0156. The molecule has 0 bridgehead atoms. The molecule has 1 saturated heterocycles. The molecule has 0 saturated carbocycles. The molecule has 17 heavy (non-hydrogen) atoms. The third kappa shape index (κ3) is 4.61. The first-order valence-electron chi connectivity index (χ1n) is 5.90. The topological polar surface area (TPSA) is 78.5 Å². The molecule has 1 fully saturated rings. The highest BCUT2D eigenvalue weighted by Gasteiger charge is 2.20. The molecule has 0 aliphatic carbocycles. The molecule has 1 aliphatic heterocycles. The van der Waals surface area contributed by atoms with Gasteiger partial charge in [-0.2, -0.15) is 4.31 Å². The largest absolute Gasteiger partial charge is 0.351 e. The van der Waals surface area contributed by atoms with Crippen LogP contribution in [0.5, 0.6) is 0 Å². The summed E-state index contributed by atoms with van der Waals surface area (Å²) in [5, 5.41) is 6.03. The standard InChI is InChI=1S/C10H21N3O3S/c1-3-17(15,16)13(2)8-10(14)12-9-5-4-6-11-7-9/h9,11H,3-8H2,1-2H3,(H,12,14). The molecule has 1 rings (SSSR count). The van der Waals surface area contributed by atoms with Gasteiger partial charge in [0.2, 0.25) is 15.9 Å². The van der Waals surface area contributed by atoms with Crippen molar-refractivity contribution >= 4 is 15.9 Å². The summed E-state index contributed by atoms with van der Waals surface area (Å²) >= 11 is 0. The monoisotopic (exact) mass is 263 g/mol. The second kappa shape index (κ2) is 6.32. The van der Waals surface area contributed by atoms with E-state index in [1.807, 2.05) is 0 Å². The molecule has 0 spiro atoms. The number of carbonyl (C=O) groups excluding carboxylic acids is 1. The molecule has 0 radical (unpaired) electrons. The van der Waals surface area contributed by atoms with Crippen LogP contribution in [0.1, 0.15) is 19.8 Å². The fourth-order valence-corrected chi connectivity index (χ4v) is 2.52. The number of hydrogen-bond acceptors (Lipinski definition) is 4. The van der Waals surface area contributed by atoms with Gasteiger partial charge in [0, 0.05) is 19.6 Å². The van der Waals surface area contributed by atoms with Crippen LogP contribution in [0.2, 0.25) is 0 Å². The fraction of sp³-hybridized carbons (Fsp3) is 0.900. The molecule has 1 aliphatic rings. The number of amides is 1. The van der Waals surface area contributed by atoms with Crippen LogP contribution in [0.4, 0.5) is 0 Å². The van der Waals surface area contributed by atoms with Crippen LogP contribution in [0.15, 0.2) is 0 Å². The van der Waals surface area contributed by atoms with Crippen molar-refractivity contribution in [3.05, 3.63) is 0 Å². The molecule has 1 amide bonds. The van der Waals surface area contributed by atoms with Gasteiger partial charge in [-0.25, -0.2) is 8.42 Å². The number of likely N-dealkylation sites (N-methyl/N-ethyl adjacent to an activating group) is 1. The first-order valence-corrected chi connectivity index (χ1v) is 7.50. The number of rotatable bonds is 5. The molecular weight excluding hydrogens is 242 g/mol. The Morgan fingerprint density at radius 2 is 2.24 bits per heavy atom. The van der Waals surface area contributed by atoms with Crippen molar-refractivity contribution < 1.29 is 13.2 Å². The molecule has 2 N–H and O–H groups in total. The van der Waals surface area contributed by atoms with Crippen LogP contribution in [0.25, 0.3) is 0 Å². The number of piperidine rings is 1. The number of sulfonamides is 1. The van der Waals surface area contributed by atoms with Crippen molar-refractivity contribution in [1.82, 2.24) is 14.9 Å². The molecule has 0 aromatic heterocycles. The Hall–Kier alpha value is -0.660. The lowest BCUT2D eigenvalue weighted by molar-refractivity contribution is -0.121. The van der Waals surface area contributed by atoms with E-state index in [2.05, 4.69) is 10.6 Å². The number of nitrogens with one attached hydrogen (secondary N) is 2. The van der Waals surface area contributed by atoms with Gasteiger partial charge in [-0.05, 0) is 26.3 Å². The van der Waals surface area contributed by atoms with Gasteiger partial charge in [-0.3, -0.25) is 4.79 Å². The minimum Gasteiger partial charge on any atom is -0.351 e. The summed E-state index contributed by atoms with van der Waals surface area (Å²) in [5.41, 5.74) is 0. The van der Waals surface area contributed by atoms with Gasteiger partial charge < -0.3 is 10.6 Å². The van der Waals surface area contributed by atoms with Crippen LogP contribution in [0, 0.1) is 0 Å². The minimum atomic E-state index is -3.28. The summed E-state index contributed by atoms with van der Waals surface area (Å²) in [7, 11) is -1.85. The van der Waals surface area contributed by atoms with E-state index in [1.54, 1.807) is 6.92 Å². The first kappa shape index (κ1) is 14.4. The summed E-state index contributed by atoms with van der Waals surface area (Å²) in [5.74, 6) is -0.222. The molecule has 0 aromatic rings. The van der Waals surface area contributed by atoms with Gasteiger partial charge in [-0.1, -0.05) is 0 Å². The number of nitrogens with zero attached hydrogens (tertiary/aromatic N) is 1. The Bertz CT molecular complexity index is 350. The summed E-state index contributed by atoms with van der Waals surface area (Å²) in [6, 6.07) is 0.119. The maximum atomic E-state index is 11.6. The van der Waals surface area contributed by atoms with Gasteiger partial charge in [0.25, 0.3) is 0 Å². The van der Waals surface area contributed by atoms with Crippen LogP contribution in [-0.4, -0.2) is 57.1 Å². The SMILES string of the molecule is CCS(=O)(=O)N(C)CC(=O)NC1CCCNC1. The zero-order chi connectivity index (χ0) is 12.9. The predicted molar refractivity (Wildman–Crippen MR) is 66.1 cm³/mol. The van der Waals surface area contributed by atoms with E-state index in [4.69, 9.17) is 0 Å². The lowest BCUT2D eigenvalue weighted by atomic mass is 10.1. The Morgan fingerprint density at radius 1 is 1.53 bits per heavy atom. The van der Waals surface area contributed by atoms with Gasteiger partial charge in [-0.15, -0.1) is 0 Å². The van der Waals surface area contributed by atoms with E-state index >= 15 is 0 Å². The van der Waals surface area contributed by atoms with Crippen molar-refractivity contribution in [3.63, 3.8) is 0 Å². The van der Waals surface area contributed by atoms with Crippen molar-refractivity contribution in [2.24, 2.45) is 0 Å². The fourth-order valence-electron chi connectivity index (χ4n) is 1.77. The Balaban J connectivity index is 2.38. The van der Waals surface area contributed by atoms with Crippen LogP contribution < -0.4 is 10.6 Å². The molecule has 1 unspecified atom stereocenters. The lowest BCUT2D eigenvalue weighted by Crippen LogP contribution is -2.48. The molecule has 100 valence electrons. The zero-order valence-electron chi connectivity index (χ0n) is 10.4. The van der Waals surface area contributed by atoms with Gasteiger partial charge in [0.1, 0.15) is 0 Å². The molecule has 1 heterocycles. The van der Waals surface area contributed by atoms with Crippen LogP contribution >= 0.6 is 0 Å². The summed E-state index contributed by atoms with van der Waals surface area (Å²) in [6.07, 6.45) is 1.98. The zero-order valence-corrected chi connectivity index (χ0v) is 11.2. The first-order chi connectivity index (χ1) is 7.95. The van der Waals surface area contributed by atoms with Crippen molar-refractivity contribution in [1.29, 1.82) is 0 Å². The molecule has 1 atom stereocenters. The molecule has 7 heteroatoms. The van der Waals surface area contributed by atoms with Crippen molar-refractivity contribution in [3.8, 4) is 0 Å². The van der Waals surface area contributed by atoms with E-state index < -0.39 is 10.0 Å². The lowest BCUT2D eigenvalue weighted by Gasteiger charge is -2.24. The second-order valence-electron chi connectivity index (χ2n) is 4.27. The van der Waals surface area contributed by atoms with E-state index in [-0.39, 0.29) is 24.2 Å². The van der Waals surface area contributed by atoms with E-state index in [1.165, 1.54) is 7.05 Å². The highest BCUT2D eigenvalue weighted by atomic mass is 32.2. The number of carbonyl (C=O) groups is 1. The van der Waals surface area contributed by atoms with Crippen molar-refractivity contribution in [2.45, 2.75) is 25.8 Å². The summed E-state index contributed by atoms with van der Waals surface area (Å²) < 4.78 is 24.0. The predicted octanol–water partition coefficient (Wildman–Crippen LogP) is -0.864. The summed E-state index contributed by atoms with van der Waals surface area (Å²) in [6.45, 7) is 3.20. The average Bonchev–Trinajstić information content (AvgIpc) is 2.30. The Morgan fingerprint density at radius 3 is 2.76 bits per heavy atom. The van der Waals surface area contributed by atoms with Gasteiger partial charge >= 0.3 is 0 Å². The molecular formula is C10H21N3O3S. The van der Waals surface area contributed by atoms with Gasteiger partial charge in [0.05, 0.1) is 12.3 Å². The quantitative estimate of drug-likeness (QED) is 0.676.